The first-order valence-corrected chi connectivity index (χ1v) is 7.70. The van der Waals surface area contributed by atoms with Gasteiger partial charge in [0.1, 0.15) is 12.6 Å². The number of carboxylic acids is 1. The van der Waals surface area contributed by atoms with E-state index in [1.54, 1.807) is 25.1 Å². The number of imide groups is 1. The minimum atomic E-state index is -1.06. The Balaban J connectivity index is 2.15. The number of hydrogen-bond donors (Lipinski definition) is 3. The Morgan fingerprint density at radius 3 is 2.84 bits per heavy atom. The van der Waals surface area contributed by atoms with Crippen LogP contribution in [0.5, 0.6) is 0 Å². The quantitative estimate of drug-likeness (QED) is 0.674. The number of carbonyl (C=O) groups is 3. The molecule has 0 spiro atoms. The van der Waals surface area contributed by atoms with Gasteiger partial charge in [-0.2, -0.15) is 5.10 Å². The van der Waals surface area contributed by atoms with E-state index in [1.807, 2.05) is 0 Å². The molecule has 3 rings (SSSR count). The van der Waals surface area contributed by atoms with Crippen molar-refractivity contribution in [2.45, 2.75) is 25.8 Å². The van der Waals surface area contributed by atoms with Crippen molar-refractivity contribution in [3.63, 3.8) is 0 Å². The molecule has 1 aromatic carbocycles. The smallest absolute Gasteiger partial charge is 0.322 e. The zero-order valence-corrected chi connectivity index (χ0v) is 13.4. The molecule has 1 fully saturated rings. The maximum absolute atomic E-state index is 12.9. The number of aliphatic carboxylic acids is 1. The van der Waals surface area contributed by atoms with Crippen molar-refractivity contribution in [1.82, 2.24) is 15.1 Å². The fraction of sp³-hybridized carbons (Fsp3) is 0.312. The van der Waals surface area contributed by atoms with Gasteiger partial charge < -0.3 is 10.4 Å². The molecule has 9 nitrogen and oxygen atoms in total. The Hall–Kier alpha value is -3.23. The minimum absolute atomic E-state index is 0.126. The van der Waals surface area contributed by atoms with Crippen LogP contribution in [0.1, 0.15) is 24.6 Å². The van der Waals surface area contributed by atoms with E-state index < -0.39 is 23.5 Å². The number of anilines is 1. The van der Waals surface area contributed by atoms with Crippen molar-refractivity contribution in [1.29, 1.82) is 0 Å². The van der Waals surface area contributed by atoms with Gasteiger partial charge >= 0.3 is 5.97 Å². The number of hydrogen-bond acceptors (Lipinski definition) is 6. The minimum Gasteiger partial charge on any atom is -0.480 e. The topological polar surface area (TPSA) is 130 Å². The Morgan fingerprint density at radius 2 is 2.16 bits per heavy atom. The summed E-state index contributed by atoms with van der Waals surface area (Å²) in [6, 6.07) is 4.12. The lowest BCUT2D eigenvalue weighted by molar-refractivity contribution is -0.136. The van der Waals surface area contributed by atoms with Gasteiger partial charge in [0.05, 0.1) is 11.1 Å². The maximum atomic E-state index is 12.9. The molecule has 2 aromatic rings. The van der Waals surface area contributed by atoms with Gasteiger partial charge in [-0.1, -0.05) is 12.1 Å². The summed E-state index contributed by atoms with van der Waals surface area (Å²) < 4.78 is 1.07. The molecule has 2 amide bonds. The van der Waals surface area contributed by atoms with Crippen molar-refractivity contribution >= 4 is 34.2 Å². The zero-order chi connectivity index (χ0) is 18.1. The monoisotopic (exact) mass is 344 g/mol. The van der Waals surface area contributed by atoms with E-state index in [1.165, 1.54) is 0 Å². The number of nitrogens with one attached hydrogen (secondary N) is 2. The number of fused-ring (bicyclic) bond motifs is 1. The number of rotatable bonds is 4. The lowest BCUT2D eigenvalue weighted by Crippen LogP contribution is -2.45. The van der Waals surface area contributed by atoms with Crippen LogP contribution in [-0.2, 0) is 14.4 Å². The van der Waals surface area contributed by atoms with Gasteiger partial charge in [-0.15, -0.1) is 0 Å². The first kappa shape index (κ1) is 16.6. The number of carboxylic acid groups (broad SMARTS) is 1. The van der Waals surface area contributed by atoms with E-state index in [0.29, 0.717) is 16.8 Å². The molecule has 1 aliphatic heterocycles. The molecule has 0 saturated carbocycles. The fourth-order valence-corrected chi connectivity index (χ4v) is 2.90. The summed E-state index contributed by atoms with van der Waals surface area (Å²) >= 11 is 0. The maximum Gasteiger partial charge on any atom is 0.322 e. The van der Waals surface area contributed by atoms with Crippen LogP contribution in [-0.4, -0.2) is 39.2 Å². The van der Waals surface area contributed by atoms with E-state index in [4.69, 9.17) is 5.11 Å². The number of aryl methyl sites for hydroxylation is 1. The van der Waals surface area contributed by atoms with Crippen LogP contribution in [0.25, 0.3) is 10.8 Å². The zero-order valence-electron chi connectivity index (χ0n) is 13.4. The molecular formula is C16H16N4O5. The molecule has 0 radical (unpaired) electrons. The number of piperidine rings is 1. The van der Waals surface area contributed by atoms with Crippen molar-refractivity contribution in [2.75, 3.05) is 11.9 Å². The molecule has 9 heteroatoms. The van der Waals surface area contributed by atoms with Crippen LogP contribution >= 0.6 is 0 Å². The highest BCUT2D eigenvalue weighted by molar-refractivity contribution is 6.00. The second kappa shape index (κ2) is 6.34. The Morgan fingerprint density at radius 1 is 1.40 bits per heavy atom. The second-order valence-corrected chi connectivity index (χ2v) is 5.78. The van der Waals surface area contributed by atoms with Crippen molar-refractivity contribution in [3.05, 3.63) is 34.2 Å². The molecular weight excluding hydrogens is 328 g/mol. The third-order valence-corrected chi connectivity index (χ3v) is 4.07. The number of carbonyl (C=O) groups excluding carboxylic acids is 2. The van der Waals surface area contributed by atoms with Gasteiger partial charge in [-0.05, 0) is 19.4 Å². The fourth-order valence-electron chi connectivity index (χ4n) is 2.90. The highest BCUT2D eigenvalue weighted by Crippen LogP contribution is 2.24. The van der Waals surface area contributed by atoms with Gasteiger partial charge in [-0.25, -0.2) is 4.68 Å². The first-order valence-electron chi connectivity index (χ1n) is 7.70. The van der Waals surface area contributed by atoms with Crippen LogP contribution in [0, 0.1) is 6.92 Å². The molecule has 130 valence electrons. The summed E-state index contributed by atoms with van der Waals surface area (Å²) in [5.41, 5.74) is 0.373. The lowest BCUT2D eigenvalue weighted by atomic mass is 10.1. The van der Waals surface area contributed by atoms with Crippen molar-refractivity contribution in [2.24, 2.45) is 0 Å². The molecule has 0 aliphatic carbocycles. The molecule has 1 aliphatic rings. The average Bonchev–Trinajstić information content (AvgIpc) is 2.56. The summed E-state index contributed by atoms with van der Waals surface area (Å²) in [5.74, 6) is -2.01. The predicted molar refractivity (Wildman–Crippen MR) is 88.3 cm³/mol. The second-order valence-electron chi connectivity index (χ2n) is 5.78. The molecule has 3 N–H and O–H groups in total. The third-order valence-electron chi connectivity index (χ3n) is 4.07. The Bertz CT molecular complexity index is 949. The molecule has 0 bridgehead atoms. The number of benzene rings is 1. The standard InChI is InChI=1S/C16H16N4O5/c1-8-9-3-2-4-10(17-7-13(22)23)14(9)16(25)20(19-8)11-5-6-12(21)18-15(11)24/h2-4,11,17H,5-7H2,1H3,(H,22,23)(H,18,21,24). The highest BCUT2D eigenvalue weighted by atomic mass is 16.4. The highest BCUT2D eigenvalue weighted by Gasteiger charge is 2.30. The normalized spacial score (nSPS) is 17.4. The number of amides is 2. The third kappa shape index (κ3) is 3.08. The predicted octanol–water partition coefficient (Wildman–Crippen LogP) is 0.179. The lowest BCUT2D eigenvalue weighted by Gasteiger charge is -2.23. The van der Waals surface area contributed by atoms with Gasteiger partial charge in [0.25, 0.3) is 11.5 Å². The van der Waals surface area contributed by atoms with Crippen LogP contribution in [0.3, 0.4) is 0 Å². The molecule has 1 saturated heterocycles. The number of nitrogens with zero attached hydrogens (tertiary/aromatic N) is 2. The average molecular weight is 344 g/mol. The van der Waals surface area contributed by atoms with E-state index in [-0.39, 0.29) is 30.7 Å². The van der Waals surface area contributed by atoms with Crippen molar-refractivity contribution < 1.29 is 19.5 Å². The van der Waals surface area contributed by atoms with Crippen LogP contribution in [0.15, 0.2) is 23.0 Å². The molecule has 25 heavy (non-hydrogen) atoms. The van der Waals surface area contributed by atoms with Crippen LogP contribution in [0.4, 0.5) is 5.69 Å². The van der Waals surface area contributed by atoms with Crippen LogP contribution < -0.4 is 16.2 Å². The molecule has 1 unspecified atom stereocenters. The SMILES string of the molecule is Cc1nn(C2CCC(=O)NC2=O)c(=O)c2c(NCC(=O)O)cccc12. The van der Waals surface area contributed by atoms with Crippen LogP contribution in [0.2, 0.25) is 0 Å². The summed E-state index contributed by atoms with van der Waals surface area (Å²) in [6.07, 6.45) is 0.313. The van der Waals surface area contributed by atoms with Gasteiger partial charge in [-0.3, -0.25) is 24.5 Å². The first-order chi connectivity index (χ1) is 11.9. The summed E-state index contributed by atoms with van der Waals surface area (Å²) in [6.45, 7) is 1.35. The van der Waals surface area contributed by atoms with Crippen molar-refractivity contribution in [3.8, 4) is 0 Å². The van der Waals surface area contributed by atoms with E-state index in [2.05, 4.69) is 15.7 Å². The largest absolute Gasteiger partial charge is 0.480 e. The van der Waals surface area contributed by atoms with E-state index in [0.717, 1.165) is 4.68 Å². The summed E-state index contributed by atoms with van der Waals surface area (Å²) in [7, 11) is 0. The van der Waals surface area contributed by atoms with Gasteiger partial charge in [0, 0.05) is 17.5 Å². The number of aromatic nitrogens is 2. The van der Waals surface area contributed by atoms with Gasteiger partial charge in [0.15, 0.2) is 0 Å². The van der Waals surface area contributed by atoms with Gasteiger partial charge in [0.2, 0.25) is 5.91 Å². The Kier molecular flexibility index (Phi) is 4.22. The molecule has 1 atom stereocenters. The molecule has 2 heterocycles. The Labute approximate surface area is 141 Å². The molecule has 1 aromatic heterocycles. The van der Waals surface area contributed by atoms with E-state index in [9.17, 15) is 19.2 Å². The van der Waals surface area contributed by atoms with E-state index >= 15 is 0 Å². The summed E-state index contributed by atoms with van der Waals surface area (Å²) in [4.78, 5) is 47.1. The summed E-state index contributed by atoms with van der Waals surface area (Å²) in [5, 5.41) is 18.8.